The Hall–Kier alpha value is -6.41. The number of hydrogen-bond acceptors (Lipinski definition) is 11. The third kappa shape index (κ3) is 9.40. The third-order valence-electron chi connectivity index (χ3n) is 8.96. The van der Waals surface area contributed by atoms with Gasteiger partial charge in [0.25, 0.3) is 11.4 Å². The summed E-state index contributed by atoms with van der Waals surface area (Å²) in [4.78, 5) is 54.3. The van der Waals surface area contributed by atoms with E-state index in [9.17, 15) is 60.1 Å². The van der Waals surface area contributed by atoms with Gasteiger partial charge in [0.1, 0.15) is 23.1 Å². The highest BCUT2D eigenvalue weighted by atomic mass is 32.2. The van der Waals surface area contributed by atoms with Crippen LogP contribution in [0.1, 0.15) is 49.1 Å². The van der Waals surface area contributed by atoms with E-state index in [0.29, 0.717) is 24.3 Å². The van der Waals surface area contributed by atoms with Crippen molar-refractivity contribution in [1.82, 2.24) is 0 Å². The topological polar surface area (TPSA) is 273 Å². The summed E-state index contributed by atoms with van der Waals surface area (Å²) in [7, 11) is -8.04. The largest absolute Gasteiger partial charge is 0.493 e. The number of carboxylic acid groups (broad SMARTS) is 5. The second-order valence-corrected chi connectivity index (χ2v) is 16.6. The molecular weight excluding hydrogens is 815 g/mol. The molecule has 6 rings (SSSR count). The second-order valence-electron chi connectivity index (χ2n) is 12.7. The van der Waals surface area contributed by atoms with Gasteiger partial charge < -0.3 is 35.0 Å². The van der Waals surface area contributed by atoms with Crippen LogP contribution >= 0.6 is 0 Å². The van der Waals surface area contributed by atoms with Crippen LogP contribution < -0.4 is 9.47 Å². The Balaban J connectivity index is 0.000000240. The number of carbonyl (C=O) groups is 5. The first-order chi connectivity index (χ1) is 27.1. The maximum atomic E-state index is 13.4. The maximum Gasteiger partial charge on any atom is 0.333 e. The van der Waals surface area contributed by atoms with E-state index in [0.717, 1.165) is 43.3 Å². The maximum absolute atomic E-state index is 13.4. The molecule has 2 aliphatic rings. The minimum atomic E-state index is -4.17. The zero-order valence-electron chi connectivity index (χ0n) is 30.1. The predicted molar refractivity (Wildman–Crippen MR) is 193 cm³/mol. The molecule has 0 saturated heterocycles. The highest BCUT2D eigenvalue weighted by molar-refractivity contribution is 7.91. The predicted octanol–water partition coefficient (Wildman–Crippen LogP) is 4.86. The van der Waals surface area contributed by atoms with Gasteiger partial charge in [-0.2, -0.15) is 0 Å². The van der Waals surface area contributed by atoms with Crippen LogP contribution in [0.2, 0.25) is 0 Å². The van der Waals surface area contributed by atoms with E-state index in [1.165, 1.54) is 42.5 Å². The van der Waals surface area contributed by atoms with Crippen LogP contribution in [0, 0.1) is 17.0 Å². The van der Waals surface area contributed by atoms with Crippen molar-refractivity contribution in [3.05, 3.63) is 108 Å². The molecule has 5 N–H and O–H groups in total. The van der Waals surface area contributed by atoms with Gasteiger partial charge in [-0.05, 0) is 84.6 Å². The number of carboxylic acids is 5. The average molecular weight is 849 g/mol. The lowest BCUT2D eigenvalue weighted by Gasteiger charge is -2.34. The normalized spacial score (nSPS) is 15.8. The van der Waals surface area contributed by atoms with E-state index in [1.54, 1.807) is 6.07 Å². The Morgan fingerprint density at radius 2 is 1.02 bits per heavy atom. The fourth-order valence-electron chi connectivity index (χ4n) is 6.28. The smallest absolute Gasteiger partial charge is 0.333 e. The van der Waals surface area contributed by atoms with Gasteiger partial charge >= 0.3 is 23.9 Å². The summed E-state index contributed by atoms with van der Waals surface area (Å²) >= 11 is 0. The summed E-state index contributed by atoms with van der Waals surface area (Å²) in [6.07, 6.45) is 0.301. The monoisotopic (exact) mass is 848 g/mol. The molecule has 0 spiro atoms. The molecule has 0 aromatic heterocycles. The molecule has 2 heterocycles. The SMILES string of the molecule is CC(=O)O.O=C(O)C(C(=O)O)(C(=O)O)C1CCOc2cc(S(=O)(=O)c3cccc(F)c3)ccc21.O=C(O)CC1CCOc2cc(S(=O)(=O)c3cccc(F)c3)ccc21. The molecule has 2 unspecified atom stereocenters. The minimum absolute atomic E-state index is 0.0113. The van der Waals surface area contributed by atoms with Crippen molar-refractivity contribution in [2.45, 2.75) is 57.6 Å². The fraction of sp³-hybridized carbons (Fsp3) is 0.237. The number of hydrogen-bond donors (Lipinski definition) is 5. The van der Waals surface area contributed by atoms with Crippen molar-refractivity contribution >= 4 is 49.5 Å². The quantitative estimate of drug-likeness (QED) is 0.133. The van der Waals surface area contributed by atoms with Crippen LogP contribution in [0.5, 0.6) is 11.5 Å². The molecule has 20 heteroatoms. The molecule has 0 fully saturated rings. The van der Waals surface area contributed by atoms with Crippen molar-refractivity contribution in [3.63, 3.8) is 0 Å². The summed E-state index contributed by atoms with van der Waals surface area (Å²) in [5.41, 5.74) is -2.56. The van der Waals surface area contributed by atoms with Crippen LogP contribution in [0.3, 0.4) is 0 Å². The van der Waals surface area contributed by atoms with E-state index >= 15 is 0 Å². The lowest BCUT2D eigenvalue weighted by Crippen LogP contribution is -2.52. The number of aliphatic carboxylic acids is 5. The first-order valence-corrected chi connectivity index (χ1v) is 19.8. The lowest BCUT2D eigenvalue weighted by atomic mass is 9.69. The zero-order valence-corrected chi connectivity index (χ0v) is 31.7. The molecular formula is C38H34F2O16S2. The summed E-state index contributed by atoms with van der Waals surface area (Å²) in [6.45, 7) is 1.19. The van der Waals surface area contributed by atoms with Crippen molar-refractivity contribution in [3.8, 4) is 11.5 Å². The number of sulfone groups is 2. The van der Waals surface area contributed by atoms with E-state index < -0.39 is 72.5 Å². The minimum Gasteiger partial charge on any atom is -0.493 e. The zero-order chi connectivity index (χ0) is 43.2. The molecule has 0 aliphatic carbocycles. The second kappa shape index (κ2) is 17.8. The standard InChI is InChI=1S/C19H15FO9S.C17H15FO5S.C2H4O2/c20-10-2-1-3-11(8-10)30(27,28)12-4-5-13-14(6-7-29-15(13)9-12)19(16(21)22,17(23)24)18(25)26;18-12-2-1-3-13(9-12)24(21,22)14-4-5-15-11(8-17(19)20)6-7-23-16(15)10-14;1-2(3)4/h1-5,8-9,14H,6-7H2,(H,21,22)(H,23,24)(H,25,26);1-5,9-11H,6-8H2,(H,19,20);1H3,(H,3,4). The first kappa shape index (κ1) is 44.3. The van der Waals surface area contributed by atoms with Crippen molar-refractivity contribution in [2.75, 3.05) is 13.2 Å². The molecule has 0 radical (unpaired) electrons. The third-order valence-corrected chi connectivity index (χ3v) is 12.5. The molecule has 0 amide bonds. The molecule has 2 atom stereocenters. The first-order valence-electron chi connectivity index (χ1n) is 16.8. The fourth-order valence-corrected chi connectivity index (χ4v) is 8.90. The Kier molecular flexibility index (Phi) is 13.6. The number of rotatable bonds is 10. The van der Waals surface area contributed by atoms with Crippen LogP contribution in [0.4, 0.5) is 8.78 Å². The summed E-state index contributed by atoms with van der Waals surface area (Å²) < 4.78 is 88.4. The molecule has 308 valence electrons. The molecule has 16 nitrogen and oxygen atoms in total. The summed E-state index contributed by atoms with van der Waals surface area (Å²) in [6, 6.07) is 16.7. The van der Waals surface area contributed by atoms with E-state index in [1.807, 2.05) is 0 Å². The van der Waals surface area contributed by atoms with E-state index in [4.69, 9.17) is 24.5 Å². The van der Waals surface area contributed by atoms with Crippen LogP contribution in [0.15, 0.2) is 105 Å². The number of fused-ring (bicyclic) bond motifs is 2. The van der Waals surface area contributed by atoms with Gasteiger partial charge in [0, 0.05) is 18.8 Å². The van der Waals surface area contributed by atoms with Crippen molar-refractivity contribution in [1.29, 1.82) is 0 Å². The van der Waals surface area contributed by atoms with Crippen LogP contribution in [-0.4, -0.2) is 85.4 Å². The highest BCUT2D eigenvalue weighted by Crippen LogP contribution is 2.47. The van der Waals surface area contributed by atoms with Crippen molar-refractivity contribution < 1.29 is 84.6 Å². The van der Waals surface area contributed by atoms with Gasteiger partial charge in [-0.1, -0.05) is 24.3 Å². The molecule has 0 saturated carbocycles. The van der Waals surface area contributed by atoms with Gasteiger partial charge in [0.05, 0.1) is 39.2 Å². The Labute approximate surface area is 328 Å². The van der Waals surface area contributed by atoms with Gasteiger partial charge in [-0.25, -0.2) is 25.6 Å². The van der Waals surface area contributed by atoms with E-state index in [2.05, 4.69) is 0 Å². The van der Waals surface area contributed by atoms with Crippen LogP contribution in [0.25, 0.3) is 0 Å². The van der Waals surface area contributed by atoms with Gasteiger partial charge in [0.15, 0.2) is 0 Å². The molecule has 58 heavy (non-hydrogen) atoms. The Bertz CT molecular complexity index is 2440. The average Bonchev–Trinajstić information content (AvgIpc) is 3.14. The molecule has 0 bridgehead atoms. The number of ether oxygens (including phenoxy) is 2. The summed E-state index contributed by atoms with van der Waals surface area (Å²) in [5, 5.41) is 44.8. The molecule has 4 aromatic rings. The molecule has 2 aliphatic heterocycles. The Morgan fingerprint density at radius 3 is 1.43 bits per heavy atom. The molecule has 4 aromatic carbocycles. The number of halogens is 2. The Morgan fingerprint density at radius 1 is 0.621 bits per heavy atom. The van der Waals surface area contributed by atoms with Gasteiger partial charge in [0.2, 0.25) is 19.7 Å². The lowest BCUT2D eigenvalue weighted by molar-refractivity contribution is -0.178. The van der Waals surface area contributed by atoms with Crippen molar-refractivity contribution in [2.24, 2.45) is 5.41 Å². The van der Waals surface area contributed by atoms with Gasteiger partial charge in [-0.3, -0.25) is 24.0 Å². The van der Waals surface area contributed by atoms with E-state index in [-0.39, 0.29) is 56.3 Å². The van der Waals surface area contributed by atoms with Crippen LogP contribution in [-0.2, 0) is 43.6 Å². The number of benzene rings is 4. The highest BCUT2D eigenvalue weighted by Gasteiger charge is 2.61. The summed E-state index contributed by atoms with van der Waals surface area (Å²) in [5.74, 6) is -10.8. The van der Waals surface area contributed by atoms with Gasteiger partial charge in [-0.15, -0.1) is 0 Å².